The summed E-state index contributed by atoms with van der Waals surface area (Å²) in [6.45, 7) is 7.72. The fraction of sp³-hybridized carbons (Fsp3) is 0.467. The Kier molecular flexibility index (Phi) is 2.14. The molecule has 2 heterocycles. The second-order valence-electron chi connectivity index (χ2n) is 5.92. The van der Waals surface area contributed by atoms with E-state index < -0.39 is 0 Å². The van der Waals surface area contributed by atoms with Crippen molar-refractivity contribution < 1.29 is 0 Å². The van der Waals surface area contributed by atoms with E-state index in [1.807, 2.05) is 0 Å². The van der Waals surface area contributed by atoms with Gasteiger partial charge in [-0.05, 0) is 44.9 Å². The lowest BCUT2D eigenvalue weighted by Crippen LogP contribution is -2.44. The fourth-order valence-corrected chi connectivity index (χ4v) is 2.94. The van der Waals surface area contributed by atoms with Gasteiger partial charge in [-0.3, -0.25) is 0 Å². The lowest BCUT2D eigenvalue weighted by molar-refractivity contribution is 0.357. The lowest BCUT2D eigenvalue weighted by Gasteiger charge is -2.31. The third kappa shape index (κ3) is 1.59. The Labute approximate surface area is 103 Å². The fourth-order valence-electron chi connectivity index (χ4n) is 2.94. The highest BCUT2D eigenvalue weighted by Gasteiger charge is 2.28. The number of aromatic nitrogens is 1. The van der Waals surface area contributed by atoms with Gasteiger partial charge in [0.2, 0.25) is 0 Å². The summed E-state index contributed by atoms with van der Waals surface area (Å²) in [5.41, 5.74) is 5.91. The number of nitrogens with zero attached hydrogens (tertiary/aromatic N) is 1. The van der Waals surface area contributed by atoms with Crippen molar-refractivity contribution in [3.05, 3.63) is 35.0 Å². The minimum Gasteiger partial charge on any atom is -0.346 e. The van der Waals surface area contributed by atoms with Crippen LogP contribution in [0.1, 0.15) is 30.7 Å². The molecule has 3 rings (SSSR count). The molecule has 1 aromatic heterocycles. The van der Waals surface area contributed by atoms with E-state index in [0.29, 0.717) is 0 Å². The summed E-state index contributed by atoms with van der Waals surface area (Å²) in [6.07, 6.45) is 1.11. The minimum atomic E-state index is 0.213. The van der Waals surface area contributed by atoms with E-state index in [1.165, 1.54) is 27.7 Å². The van der Waals surface area contributed by atoms with E-state index in [0.717, 1.165) is 13.0 Å². The number of aryl methyl sites for hydroxylation is 2. The van der Waals surface area contributed by atoms with Crippen LogP contribution >= 0.6 is 0 Å². The van der Waals surface area contributed by atoms with E-state index in [9.17, 15) is 0 Å². The Morgan fingerprint density at radius 1 is 1.29 bits per heavy atom. The van der Waals surface area contributed by atoms with Crippen molar-refractivity contribution in [1.82, 2.24) is 9.88 Å². The zero-order chi connectivity index (χ0) is 12.2. The van der Waals surface area contributed by atoms with Crippen LogP contribution < -0.4 is 5.32 Å². The summed E-state index contributed by atoms with van der Waals surface area (Å²) in [6, 6.07) is 6.78. The molecule has 0 amide bonds. The number of rotatable bonds is 0. The molecule has 0 saturated carbocycles. The molecule has 1 aromatic carbocycles. The van der Waals surface area contributed by atoms with Crippen molar-refractivity contribution in [3.8, 4) is 0 Å². The van der Waals surface area contributed by atoms with Crippen LogP contribution in [0.4, 0.5) is 0 Å². The number of benzene rings is 1. The molecule has 90 valence electrons. The summed E-state index contributed by atoms with van der Waals surface area (Å²) < 4.78 is 2.34. The zero-order valence-corrected chi connectivity index (χ0v) is 11.1. The van der Waals surface area contributed by atoms with Crippen LogP contribution in [-0.2, 0) is 20.0 Å². The zero-order valence-electron chi connectivity index (χ0n) is 11.1. The van der Waals surface area contributed by atoms with Crippen molar-refractivity contribution in [1.29, 1.82) is 0 Å². The van der Waals surface area contributed by atoms with Crippen LogP contribution in [0.3, 0.4) is 0 Å². The van der Waals surface area contributed by atoms with Gasteiger partial charge in [0.05, 0.1) is 0 Å². The van der Waals surface area contributed by atoms with Gasteiger partial charge in [0.15, 0.2) is 0 Å². The summed E-state index contributed by atoms with van der Waals surface area (Å²) in [7, 11) is 2.18. The minimum absolute atomic E-state index is 0.213. The first-order chi connectivity index (χ1) is 7.98. The lowest BCUT2D eigenvalue weighted by atomic mass is 9.89. The maximum atomic E-state index is 3.61. The predicted octanol–water partition coefficient (Wildman–Crippen LogP) is 2.91. The number of hydrogen-bond donors (Lipinski definition) is 1. The molecule has 0 saturated heterocycles. The third-order valence-electron chi connectivity index (χ3n) is 3.94. The number of nitrogens with one attached hydrogen (secondary N) is 1. The average Bonchev–Trinajstić information content (AvgIpc) is 2.51. The Balaban J connectivity index is 2.30. The maximum Gasteiger partial charge on any atom is 0.0483 e. The van der Waals surface area contributed by atoms with Crippen molar-refractivity contribution in [2.24, 2.45) is 7.05 Å². The van der Waals surface area contributed by atoms with Gasteiger partial charge in [-0.15, -0.1) is 0 Å². The molecule has 0 aliphatic carbocycles. The van der Waals surface area contributed by atoms with Gasteiger partial charge < -0.3 is 9.88 Å². The van der Waals surface area contributed by atoms with E-state index in [1.54, 1.807) is 0 Å². The molecule has 0 unspecified atom stereocenters. The molecule has 2 heteroatoms. The van der Waals surface area contributed by atoms with Gasteiger partial charge in [-0.1, -0.05) is 11.6 Å². The molecule has 2 aromatic rings. The second kappa shape index (κ2) is 3.36. The van der Waals surface area contributed by atoms with Crippen LogP contribution in [0, 0.1) is 6.92 Å². The first-order valence-corrected chi connectivity index (χ1v) is 6.30. The van der Waals surface area contributed by atoms with Gasteiger partial charge in [-0.25, -0.2) is 0 Å². The SMILES string of the molecule is Cc1ccc2c(c1)c1c(n2C)CNC(C)(C)C1. The Hall–Kier alpha value is -1.28. The molecule has 0 spiro atoms. The highest BCUT2D eigenvalue weighted by Crippen LogP contribution is 2.32. The number of fused-ring (bicyclic) bond motifs is 3. The predicted molar refractivity (Wildman–Crippen MR) is 72.3 cm³/mol. The van der Waals surface area contributed by atoms with Gasteiger partial charge in [0, 0.05) is 35.7 Å². The summed E-state index contributed by atoms with van der Waals surface area (Å²) >= 11 is 0. The van der Waals surface area contributed by atoms with E-state index in [-0.39, 0.29) is 5.54 Å². The molecule has 0 atom stereocenters. The highest BCUT2D eigenvalue weighted by atomic mass is 15.0. The standard InChI is InChI=1S/C15H20N2/c1-10-5-6-13-11(7-10)12-8-15(2,3)16-9-14(12)17(13)4/h5-7,16H,8-9H2,1-4H3. The van der Waals surface area contributed by atoms with Crippen LogP contribution in [0.2, 0.25) is 0 Å². The van der Waals surface area contributed by atoms with Crippen molar-refractivity contribution in [2.75, 3.05) is 0 Å². The Morgan fingerprint density at radius 2 is 2.06 bits per heavy atom. The van der Waals surface area contributed by atoms with E-state index >= 15 is 0 Å². The Bertz CT molecular complexity index is 590. The van der Waals surface area contributed by atoms with Crippen LogP contribution in [0.5, 0.6) is 0 Å². The largest absolute Gasteiger partial charge is 0.346 e. The third-order valence-corrected chi connectivity index (χ3v) is 3.94. The van der Waals surface area contributed by atoms with E-state index in [2.05, 4.69) is 55.9 Å². The topological polar surface area (TPSA) is 17.0 Å². The molecule has 1 N–H and O–H groups in total. The average molecular weight is 228 g/mol. The Morgan fingerprint density at radius 3 is 2.82 bits per heavy atom. The second-order valence-corrected chi connectivity index (χ2v) is 5.92. The van der Waals surface area contributed by atoms with Gasteiger partial charge in [0.25, 0.3) is 0 Å². The first kappa shape index (κ1) is 10.8. The molecule has 0 fully saturated rings. The van der Waals surface area contributed by atoms with Gasteiger partial charge in [0.1, 0.15) is 0 Å². The molecule has 2 nitrogen and oxygen atoms in total. The molecule has 1 aliphatic rings. The summed E-state index contributed by atoms with van der Waals surface area (Å²) in [5, 5.41) is 5.05. The summed E-state index contributed by atoms with van der Waals surface area (Å²) in [5.74, 6) is 0. The first-order valence-electron chi connectivity index (χ1n) is 6.30. The molecule has 0 radical (unpaired) electrons. The van der Waals surface area contributed by atoms with E-state index in [4.69, 9.17) is 0 Å². The van der Waals surface area contributed by atoms with Crippen LogP contribution in [0.15, 0.2) is 18.2 Å². The molecule has 0 bridgehead atoms. The van der Waals surface area contributed by atoms with Crippen LogP contribution in [0.25, 0.3) is 10.9 Å². The van der Waals surface area contributed by atoms with Crippen LogP contribution in [-0.4, -0.2) is 10.1 Å². The normalized spacial score (nSPS) is 18.4. The monoisotopic (exact) mass is 228 g/mol. The molecular formula is C15H20N2. The highest BCUT2D eigenvalue weighted by molar-refractivity contribution is 5.86. The maximum absolute atomic E-state index is 3.61. The smallest absolute Gasteiger partial charge is 0.0483 e. The summed E-state index contributed by atoms with van der Waals surface area (Å²) in [4.78, 5) is 0. The van der Waals surface area contributed by atoms with Crippen molar-refractivity contribution in [3.63, 3.8) is 0 Å². The van der Waals surface area contributed by atoms with Gasteiger partial charge >= 0.3 is 0 Å². The number of hydrogen-bond acceptors (Lipinski definition) is 1. The molecular weight excluding hydrogens is 208 g/mol. The van der Waals surface area contributed by atoms with Crippen molar-refractivity contribution >= 4 is 10.9 Å². The molecule has 1 aliphatic heterocycles. The quantitative estimate of drug-likeness (QED) is 0.733. The van der Waals surface area contributed by atoms with Gasteiger partial charge in [-0.2, -0.15) is 0 Å². The van der Waals surface area contributed by atoms with Crippen molar-refractivity contribution in [2.45, 2.75) is 39.3 Å². The molecule has 17 heavy (non-hydrogen) atoms.